The van der Waals surface area contributed by atoms with Crippen LogP contribution >= 0.6 is 0 Å². The zero-order valence-corrected chi connectivity index (χ0v) is 10.6. The van der Waals surface area contributed by atoms with E-state index in [4.69, 9.17) is 0 Å². The van der Waals surface area contributed by atoms with Crippen LogP contribution < -0.4 is 0 Å². The lowest BCUT2D eigenvalue weighted by atomic mass is 10.6. The minimum Gasteiger partial charge on any atom is -0.321 e. The van der Waals surface area contributed by atoms with Gasteiger partial charge in [-0.2, -0.15) is 0 Å². The van der Waals surface area contributed by atoms with Crippen molar-refractivity contribution in [2.75, 3.05) is 13.1 Å². The SMILES string of the molecule is CCC[Si](CCC)(CCC)N1CC1. The Morgan fingerprint density at radius 1 is 0.846 bits per heavy atom. The van der Waals surface area contributed by atoms with Gasteiger partial charge in [0.05, 0.1) is 0 Å². The van der Waals surface area contributed by atoms with E-state index in [0.29, 0.717) is 0 Å². The van der Waals surface area contributed by atoms with Crippen molar-refractivity contribution in [3.8, 4) is 0 Å². The molecule has 2 heteroatoms. The van der Waals surface area contributed by atoms with Crippen LogP contribution in [0.1, 0.15) is 40.0 Å². The molecule has 0 radical (unpaired) electrons. The molecule has 0 N–H and O–H groups in total. The van der Waals surface area contributed by atoms with Gasteiger partial charge in [-0.1, -0.05) is 40.0 Å². The summed E-state index contributed by atoms with van der Waals surface area (Å²) >= 11 is 0. The van der Waals surface area contributed by atoms with E-state index < -0.39 is 8.24 Å². The van der Waals surface area contributed by atoms with Crippen LogP contribution in [0.25, 0.3) is 0 Å². The van der Waals surface area contributed by atoms with Gasteiger partial charge >= 0.3 is 0 Å². The highest BCUT2D eigenvalue weighted by molar-refractivity contribution is 6.77. The summed E-state index contributed by atoms with van der Waals surface area (Å²) < 4.78 is 2.84. The zero-order valence-electron chi connectivity index (χ0n) is 9.60. The maximum atomic E-state index is 2.84. The number of nitrogens with zero attached hydrogens (tertiary/aromatic N) is 1. The van der Waals surface area contributed by atoms with Crippen LogP contribution in [0.4, 0.5) is 0 Å². The van der Waals surface area contributed by atoms with Crippen LogP contribution in [0.2, 0.25) is 18.1 Å². The van der Waals surface area contributed by atoms with Crippen molar-refractivity contribution < 1.29 is 0 Å². The molecular formula is C11H25NSi. The Morgan fingerprint density at radius 2 is 1.23 bits per heavy atom. The first kappa shape index (κ1) is 11.3. The highest BCUT2D eigenvalue weighted by Crippen LogP contribution is 2.33. The first-order valence-corrected chi connectivity index (χ1v) is 8.61. The van der Waals surface area contributed by atoms with E-state index in [9.17, 15) is 0 Å². The fourth-order valence-electron chi connectivity index (χ4n) is 2.77. The first-order chi connectivity index (χ1) is 6.29. The molecule has 1 fully saturated rings. The lowest BCUT2D eigenvalue weighted by Gasteiger charge is -2.32. The molecule has 0 atom stereocenters. The predicted molar refractivity (Wildman–Crippen MR) is 62.6 cm³/mol. The first-order valence-electron chi connectivity index (χ1n) is 6.04. The molecule has 0 unspecified atom stereocenters. The highest BCUT2D eigenvalue weighted by atomic mass is 28.3. The molecule has 0 aliphatic carbocycles. The third-order valence-corrected chi connectivity index (χ3v) is 9.35. The minimum atomic E-state index is -0.928. The van der Waals surface area contributed by atoms with Gasteiger partial charge in [-0.15, -0.1) is 0 Å². The van der Waals surface area contributed by atoms with Crippen molar-refractivity contribution in [3.63, 3.8) is 0 Å². The molecule has 1 aliphatic rings. The molecule has 0 saturated carbocycles. The Bertz CT molecular complexity index is 126. The molecule has 1 nitrogen and oxygen atoms in total. The van der Waals surface area contributed by atoms with Crippen molar-refractivity contribution in [2.45, 2.75) is 58.2 Å². The quantitative estimate of drug-likeness (QED) is 0.448. The Hall–Kier alpha value is 0.177. The molecule has 1 rings (SSSR count). The second kappa shape index (κ2) is 5.16. The predicted octanol–water partition coefficient (Wildman–Crippen LogP) is 3.48. The van der Waals surface area contributed by atoms with Crippen molar-refractivity contribution in [2.24, 2.45) is 0 Å². The Labute approximate surface area is 84.6 Å². The maximum Gasteiger partial charge on any atom is 0.128 e. The molecule has 0 spiro atoms. The summed E-state index contributed by atoms with van der Waals surface area (Å²) in [5.41, 5.74) is 0. The van der Waals surface area contributed by atoms with Crippen molar-refractivity contribution >= 4 is 8.24 Å². The molecule has 0 bridgehead atoms. The van der Waals surface area contributed by atoms with E-state index in [1.165, 1.54) is 32.4 Å². The maximum absolute atomic E-state index is 2.84. The molecule has 1 heterocycles. The number of hydrogen-bond donors (Lipinski definition) is 0. The minimum absolute atomic E-state index is 0.928. The third kappa shape index (κ3) is 2.81. The summed E-state index contributed by atoms with van der Waals surface area (Å²) in [6.45, 7) is 9.92. The van der Waals surface area contributed by atoms with Crippen LogP contribution in [0.15, 0.2) is 0 Å². The van der Waals surface area contributed by atoms with Crippen molar-refractivity contribution in [1.82, 2.24) is 4.57 Å². The molecular weight excluding hydrogens is 174 g/mol. The largest absolute Gasteiger partial charge is 0.321 e. The van der Waals surface area contributed by atoms with E-state index in [1.807, 2.05) is 0 Å². The molecule has 0 amide bonds. The Kier molecular flexibility index (Phi) is 4.46. The molecule has 78 valence electrons. The van der Waals surface area contributed by atoms with Gasteiger partial charge in [0.25, 0.3) is 0 Å². The number of rotatable bonds is 7. The Balaban J connectivity index is 2.54. The zero-order chi connectivity index (χ0) is 9.73. The summed E-state index contributed by atoms with van der Waals surface area (Å²) in [4.78, 5) is 0. The summed E-state index contributed by atoms with van der Waals surface area (Å²) in [6.07, 6.45) is 4.22. The van der Waals surface area contributed by atoms with E-state index in [1.54, 1.807) is 18.1 Å². The van der Waals surface area contributed by atoms with Crippen LogP contribution in [0.3, 0.4) is 0 Å². The second-order valence-electron chi connectivity index (χ2n) is 4.46. The van der Waals surface area contributed by atoms with Crippen LogP contribution in [0.5, 0.6) is 0 Å². The standard InChI is InChI=1S/C11H25NSi/c1-4-9-13(10-5-2,11-6-3)12-7-8-12/h4-11H2,1-3H3. The fourth-order valence-corrected chi connectivity index (χ4v) is 8.31. The van der Waals surface area contributed by atoms with Gasteiger partial charge < -0.3 is 4.57 Å². The lowest BCUT2D eigenvalue weighted by Crippen LogP contribution is -2.43. The summed E-state index contributed by atoms with van der Waals surface area (Å²) in [5.74, 6) is 0. The van der Waals surface area contributed by atoms with Gasteiger partial charge in [-0.25, -0.2) is 0 Å². The van der Waals surface area contributed by atoms with Crippen LogP contribution in [-0.4, -0.2) is 25.9 Å². The van der Waals surface area contributed by atoms with Gasteiger partial charge in [0.1, 0.15) is 8.24 Å². The molecule has 1 aliphatic heterocycles. The summed E-state index contributed by atoms with van der Waals surface area (Å²) in [5, 5.41) is 0. The topological polar surface area (TPSA) is 3.01 Å². The normalized spacial score (nSPS) is 17.8. The number of hydrogen-bond acceptors (Lipinski definition) is 1. The van der Waals surface area contributed by atoms with Crippen molar-refractivity contribution in [1.29, 1.82) is 0 Å². The van der Waals surface area contributed by atoms with Crippen molar-refractivity contribution in [3.05, 3.63) is 0 Å². The molecule has 0 aromatic carbocycles. The van der Waals surface area contributed by atoms with Gasteiger partial charge in [0.15, 0.2) is 0 Å². The van der Waals surface area contributed by atoms with Gasteiger partial charge in [0, 0.05) is 13.1 Å². The fraction of sp³-hybridized carbons (Fsp3) is 1.00. The van der Waals surface area contributed by atoms with E-state index in [-0.39, 0.29) is 0 Å². The van der Waals surface area contributed by atoms with E-state index in [2.05, 4.69) is 25.3 Å². The molecule has 13 heavy (non-hydrogen) atoms. The van der Waals surface area contributed by atoms with Crippen LogP contribution in [0, 0.1) is 0 Å². The molecule has 1 saturated heterocycles. The average molecular weight is 199 g/mol. The van der Waals surface area contributed by atoms with Gasteiger partial charge in [-0.05, 0) is 18.1 Å². The summed E-state index contributed by atoms with van der Waals surface area (Å²) in [6, 6.07) is 4.65. The van der Waals surface area contributed by atoms with Gasteiger partial charge in [-0.3, -0.25) is 0 Å². The lowest BCUT2D eigenvalue weighted by molar-refractivity contribution is 0.743. The van der Waals surface area contributed by atoms with E-state index in [0.717, 1.165) is 0 Å². The van der Waals surface area contributed by atoms with E-state index >= 15 is 0 Å². The molecule has 0 aromatic rings. The highest BCUT2D eigenvalue weighted by Gasteiger charge is 2.42. The van der Waals surface area contributed by atoms with Gasteiger partial charge in [0.2, 0.25) is 0 Å². The second-order valence-corrected chi connectivity index (χ2v) is 9.04. The monoisotopic (exact) mass is 199 g/mol. The smallest absolute Gasteiger partial charge is 0.128 e. The molecule has 0 aromatic heterocycles. The van der Waals surface area contributed by atoms with Crippen LogP contribution in [-0.2, 0) is 0 Å². The summed E-state index contributed by atoms with van der Waals surface area (Å²) in [7, 11) is -0.928. The average Bonchev–Trinajstić information content (AvgIpc) is 2.87. The third-order valence-electron chi connectivity index (χ3n) is 3.26. The Morgan fingerprint density at radius 3 is 1.46 bits per heavy atom.